The van der Waals surface area contributed by atoms with Gasteiger partial charge in [-0.05, 0) is 32.0 Å². The first-order valence-electron chi connectivity index (χ1n) is 10.2. The second-order valence-electron chi connectivity index (χ2n) is 7.44. The fourth-order valence-corrected chi connectivity index (χ4v) is 4.34. The first kappa shape index (κ1) is 22.1. The van der Waals surface area contributed by atoms with Crippen molar-refractivity contribution in [3.05, 3.63) is 39.3 Å². The summed E-state index contributed by atoms with van der Waals surface area (Å²) in [5, 5.41) is 3.98. The Morgan fingerprint density at radius 3 is 2.57 bits per heavy atom. The lowest BCUT2D eigenvalue weighted by atomic mass is 10.1. The number of carbonyl (C=O) groups excluding carboxylic acids is 2. The van der Waals surface area contributed by atoms with Crippen molar-refractivity contribution >= 4 is 23.2 Å². The number of hydrogen-bond donors (Lipinski definition) is 1. The number of aryl methyl sites for hydroxylation is 2. The summed E-state index contributed by atoms with van der Waals surface area (Å²) in [6, 6.07) is 5.21. The molecule has 0 aliphatic carbocycles. The van der Waals surface area contributed by atoms with E-state index in [1.807, 2.05) is 11.8 Å². The molecule has 162 valence electrons. The molecular formula is C22H29N3O4S. The van der Waals surface area contributed by atoms with E-state index in [1.165, 1.54) is 4.88 Å². The number of ether oxygens (including phenoxy) is 2. The van der Waals surface area contributed by atoms with Gasteiger partial charge in [-0.1, -0.05) is 0 Å². The van der Waals surface area contributed by atoms with Gasteiger partial charge in [0.05, 0.1) is 17.8 Å². The van der Waals surface area contributed by atoms with E-state index in [0.29, 0.717) is 43.1 Å². The van der Waals surface area contributed by atoms with Gasteiger partial charge in [0.15, 0.2) is 11.5 Å². The van der Waals surface area contributed by atoms with Gasteiger partial charge in [-0.25, -0.2) is 4.98 Å². The van der Waals surface area contributed by atoms with Gasteiger partial charge in [0.2, 0.25) is 5.91 Å². The van der Waals surface area contributed by atoms with Gasteiger partial charge in [0.25, 0.3) is 5.91 Å². The van der Waals surface area contributed by atoms with Crippen LogP contribution in [0.5, 0.6) is 11.5 Å². The first-order chi connectivity index (χ1) is 14.4. The van der Waals surface area contributed by atoms with Crippen molar-refractivity contribution in [1.29, 1.82) is 0 Å². The quantitative estimate of drug-likeness (QED) is 0.729. The summed E-state index contributed by atoms with van der Waals surface area (Å²) < 4.78 is 11.5. The van der Waals surface area contributed by atoms with Gasteiger partial charge < -0.3 is 19.7 Å². The minimum atomic E-state index is -0.154. The van der Waals surface area contributed by atoms with Gasteiger partial charge in [-0.2, -0.15) is 0 Å². The van der Waals surface area contributed by atoms with E-state index in [0.717, 1.165) is 23.5 Å². The van der Waals surface area contributed by atoms with Crippen LogP contribution in [0.15, 0.2) is 18.2 Å². The molecule has 1 N–H and O–H groups in total. The van der Waals surface area contributed by atoms with Crippen molar-refractivity contribution < 1.29 is 19.1 Å². The zero-order valence-electron chi connectivity index (χ0n) is 18.0. The first-order valence-corrected chi connectivity index (χ1v) is 11.0. The van der Waals surface area contributed by atoms with E-state index in [1.54, 1.807) is 43.6 Å². The van der Waals surface area contributed by atoms with Gasteiger partial charge in [0.1, 0.15) is 6.10 Å². The van der Waals surface area contributed by atoms with Crippen LogP contribution in [0.1, 0.15) is 45.7 Å². The Balaban J connectivity index is 1.59. The number of methoxy groups -OCH3 is 1. The van der Waals surface area contributed by atoms with E-state index in [2.05, 4.69) is 17.2 Å². The van der Waals surface area contributed by atoms with Crippen LogP contribution >= 0.6 is 11.3 Å². The highest BCUT2D eigenvalue weighted by atomic mass is 32.1. The van der Waals surface area contributed by atoms with Crippen molar-refractivity contribution in [3.8, 4) is 11.5 Å². The molecule has 1 aliphatic rings. The molecule has 0 saturated carbocycles. The Labute approximate surface area is 181 Å². The largest absolute Gasteiger partial charge is 0.493 e. The average Bonchev–Trinajstić information content (AvgIpc) is 3.05. The Morgan fingerprint density at radius 1 is 1.23 bits per heavy atom. The van der Waals surface area contributed by atoms with Crippen molar-refractivity contribution in [2.24, 2.45) is 0 Å². The van der Waals surface area contributed by atoms with Crippen LogP contribution in [0, 0.1) is 13.8 Å². The molecular weight excluding hydrogens is 402 g/mol. The monoisotopic (exact) mass is 431 g/mol. The molecule has 30 heavy (non-hydrogen) atoms. The summed E-state index contributed by atoms with van der Waals surface area (Å²) in [5.74, 6) is 1.08. The maximum Gasteiger partial charge on any atom is 0.251 e. The molecule has 1 aromatic heterocycles. The topological polar surface area (TPSA) is 80.8 Å². The lowest BCUT2D eigenvalue weighted by molar-refractivity contribution is -0.130. The average molecular weight is 432 g/mol. The third-order valence-electron chi connectivity index (χ3n) is 5.30. The molecule has 2 aromatic rings. The van der Waals surface area contributed by atoms with Crippen LogP contribution in [0.25, 0.3) is 0 Å². The highest BCUT2D eigenvalue weighted by Gasteiger charge is 2.23. The zero-order chi connectivity index (χ0) is 21.7. The molecule has 2 heterocycles. The number of rotatable bonds is 7. The van der Waals surface area contributed by atoms with Crippen molar-refractivity contribution in [2.45, 2.75) is 46.1 Å². The van der Waals surface area contributed by atoms with Crippen LogP contribution in [-0.2, 0) is 11.2 Å². The maximum atomic E-state index is 12.6. The van der Waals surface area contributed by atoms with E-state index in [4.69, 9.17) is 9.47 Å². The number of hydrogen-bond acceptors (Lipinski definition) is 6. The number of likely N-dealkylation sites (tertiary alicyclic amines) is 1. The van der Waals surface area contributed by atoms with Crippen LogP contribution in [0.2, 0.25) is 0 Å². The Morgan fingerprint density at radius 2 is 1.97 bits per heavy atom. The molecule has 0 unspecified atom stereocenters. The number of piperidine rings is 1. The van der Waals surface area contributed by atoms with E-state index in [-0.39, 0.29) is 17.9 Å². The second-order valence-corrected chi connectivity index (χ2v) is 8.73. The molecule has 7 nitrogen and oxygen atoms in total. The predicted octanol–water partition coefficient (Wildman–Crippen LogP) is 3.13. The molecule has 1 aliphatic heterocycles. The number of carbonyl (C=O) groups is 2. The Kier molecular flexibility index (Phi) is 7.31. The van der Waals surface area contributed by atoms with E-state index in [9.17, 15) is 9.59 Å². The lowest BCUT2D eigenvalue weighted by Crippen LogP contribution is -2.40. The van der Waals surface area contributed by atoms with E-state index >= 15 is 0 Å². The molecule has 3 rings (SSSR count). The van der Waals surface area contributed by atoms with Crippen molar-refractivity contribution in [1.82, 2.24) is 15.2 Å². The molecule has 0 radical (unpaired) electrons. The maximum absolute atomic E-state index is 12.6. The summed E-state index contributed by atoms with van der Waals surface area (Å²) in [6.45, 7) is 7.52. The SMILES string of the molecule is COc1ccc(C(=O)NCCc2nc(C)c(C)s2)cc1OC1CCN(C(C)=O)CC1. The van der Waals surface area contributed by atoms with Crippen LogP contribution in [0.3, 0.4) is 0 Å². The molecule has 8 heteroatoms. The molecule has 0 atom stereocenters. The molecule has 0 bridgehead atoms. The lowest BCUT2D eigenvalue weighted by Gasteiger charge is -2.31. The van der Waals surface area contributed by atoms with E-state index < -0.39 is 0 Å². The summed E-state index contributed by atoms with van der Waals surface area (Å²) in [7, 11) is 1.58. The minimum absolute atomic E-state index is 0.0100. The van der Waals surface area contributed by atoms with Gasteiger partial charge >= 0.3 is 0 Å². The van der Waals surface area contributed by atoms with Crippen LogP contribution in [-0.4, -0.2) is 54.5 Å². The summed E-state index contributed by atoms with van der Waals surface area (Å²) >= 11 is 1.67. The second kappa shape index (κ2) is 9.93. The van der Waals surface area contributed by atoms with Gasteiger partial charge in [-0.3, -0.25) is 9.59 Å². The normalized spacial score (nSPS) is 14.5. The van der Waals surface area contributed by atoms with Crippen molar-refractivity contribution in [3.63, 3.8) is 0 Å². The number of thiazole rings is 1. The fourth-order valence-electron chi connectivity index (χ4n) is 3.41. The number of benzene rings is 1. The third kappa shape index (κ3) is 5.50. The summed E-state index contributed by atoms with van der Waals surface area (Å²) in [4.78, 5) is 31.6. The van der Waals surface area contributed by atoms with Gasteiger partial charge in [0, 0.05) is 56.3 Å². The number of amides is 2. The molecule has 1 fully saturated rings. The van der Waals surface area contributed by atoms with Crippen LogP contribution < -0.4 is 14.8 Å². The highest BCUT2D eigenvalue weighted by molar-refractivity contribution is 7.11. The summed E-state index contributed by atoms with van der Waals surface area (Å²) in [5.41, 5.74) is 1.57. The molecule has 2 amide bonds. The van der Waals surface area contributed by atoms with Gasteiger partial charge in [-0.15, -0.1) is 11.3 Å². The number of nitrogens with one attached hydrogen (secondary N) is 1. The smallest absolute Gasteiger partial charge is 0.251 e. The summed E-state index contributed by atoms with van der Waals surface area (Å²) in [6.07, 6.45) is 2.21. The Hall–Kier alpha value is -2.61. The third-order valence-corrected chi connectivity index (χ3v) is 6.44. The van der Waals surface area contributed by atoms with Crippen molar-refractivity contribution in [2.75, 3.05) is 26.7 Å². The zero-order valence-corrected chi connectivity index (χ0v) is 18.8. The van der Waals surface area contributed by atoms with Crippen LogP contribution in [0.4, 0.5) is 0 Å². The molecule has 1 saturated heterocycles. The number of aromatic nitrogens is 1. The highest BCUT2D eigenvalue weighted by Crippen LogP contribution is 2.31. The standard InChI is InChI=1S/C22H29N3O4S/c1-14-15(2)30-21(24-14)7-10-23-22(27)17-5-6-19(28-4)20(13-17)29-18-8-11-25(12-9-18)16(3)26/h5-6,13,18H,7-12H2,1-4H3,(H,23,27). The predicted molar refractivity (Wildman–Crippen MR) is 117 cm³/mol. The molecule has 1 aromatic carbocycles. The Bertz CT molecular complexity index is 884. The number of nitrogens with zero attached hydrogens (tertiary/aromatic N) is 2. The fraction of sp³-hybridized carbons (Fsp3) is 0.500. The molecule has 0 spiro atoms. The minimum Gasteiger partial charge on any atom is -0.493 e.